The van der Waals surface area contributed by atoms with Crippen molar-refractivity contribution in [1.29, 1.82) is 5.26 Å². The fourth-order valence-corrected chi connectivity index (χ4v) is 5.10. The fourth-order valence-electron chi connectivity index (χ4n) is 4.07. The molecule has 3 rings (SSSR count). The summed E-state index contributed by atoms with van der Waals surface area (Å²) in [4.78, 5) is 25.3. The van der Waals surface area contributed by atoms with Crippen molar-refractivity contribution in [3.05, 3.63) is 40.3 Å². The third-order valence-corrected chi connectivity index (χ3v) is 6.74. The van der Waals surface area contributed by atoms with E-state index in [-0.39, 0.29) is 5.91 Å². The second kappa shape index (κ2) is 8.79. The standard InChI is InChI=1S/C23H26N2O3S/c1-13(2)15-8-10-16(11-9-15)20-14(3)29-22(19(20)12-24)25-21(26)17-6-4-5-7-18(17)23(27)28/h8-11,13,17-18H,4-7H2,1-3H3,(H,25,26)(H,27,28)/t17-,18+/m0/s1. The van der Waals surface area contributed by atoms with E-state index in [4.69, 9.17) is 0 Å². The monoisotopic (exact) mass is 410 g/mol. The highest BCUT2D eigenvalue weighted by molar-refractivity contribution is 7.17. The van der Waals surface area contributed by atoms with Gasteiger partial charge >= 0.3 is 5.97 Å². The molecule has 29 heavy (non-hydrogen) atoms. The highest BCUT2D eigenvalue weighted by atomic mass is 32.1. The molecule has 6 heteroatoms. The van der Waals surface area contributed by atoms with E-state index in [0.29, 0.717) is 29.3 Å². The third kappa shape index (κ3) is 4.35. The molecule has 1 saturated carbocycles. The van der Waals surface area contributed by atoms with Crippen LogP contribution in [0.3, 0.4) is 0 Å². The maximum atomic E-state index is 12.9. The van der Waals surface area contributed by atoms with Crippen molar-refractivity contribution in [3.63, 3.8) is 0 Å². The van der Waals surface area contributed by atoms with Gasteiger partial charge in [-0.1, -0.05) is 51.0 Å². The molecule has 2 aromatic rings. The van der Waals surface area contributed by atoms with E-state index in [1.54, 1.807) is 0 Å². The number of nitrogens with one attached hydrogen (secondary N) is 1. The number of carboxylic acid groups (broad SMARTS) is 1. The van der Waals surface area contributed by atoms with Gasteiger partial charge in [0.2, 0.25) is 5.91 Å². The number of carboxylic acids is 1. The van der Waals surface area contributed by atoms with Gasteiger partial charge in [0, 0.05) is 10.4 Å². The number of aryl methyl sites for hydroxylation is 1. The van der Waals surface area contributed by atoms with Crippen LogP contribution in [0.2, 0.25) is 0 Å². The molecule has 1 aliphatic carbocycles. The molecule has 1 aromatic heterocycles. The van der Waals surface area contributed by atoms with Crippen LogP contribution in [0.25, 0.3) is 11.1 Å². The van der Waals surface area contributed by atoms with Crippen molar-refractivity contribution in [2.75, 3.05) is 5.32 Å². The van der Waals surface area contributed by atoms with Crippen LogP contribution in [0.15, 0.2) is 24.3 Å². The van der Waals surface area contributed by atoms with Gasteiger partial charge in [-0.3, -0.25) is 9.59 Å². The summed E-state index contributed by atoms with van der Waals surface area (Å²) in [5.74, 6) is -1.99. The summed E-state index contributed by atoms with van der Waals surface area (Å²) in [5.41, 5.74) is 3.45. The summed E-state index contributed by atoms with van der Waals surface area (Å²) in [6.07, 6.45) is 2.77. The molecule has 0 saturated heterocycles. The lowest BCUT2D eigenvalue weighted by atomic mass is 9.79. The Morgan fingerprint density at radius 2 is 1.79 bits per heavy atom. The maximum absolute atomic E-state index is 12.9. The van der Waals surface area contributed by atoms with Crippen LogP contribution in [0.1, 0.15) is 61.5 Å². The van der Waals surface area contributed by atoms with Crippen molar-refractivity contribution in [1.82, 2.24) is 0 Å². The predicted molar refractivity (Wildman–Crippen MR) is 115 cm³/mol. The highest BCUT2D eigenvalue weighted by Gasteiger charge is 2.36. The second-order valence-corrected chi connectivity index (χ2v) is 9.18. The summed E-state index contributed by atoms with van der Waals surface area (Å²) < 4.78 is 0. The molecule has 0 radical (unpaired) electrons. The normalized spacial score (nSPS) is 19.0. The molecular formula is C23H26N2O3S. The first kappa shape index (κ1) is 21.1. The lowest BCUT2D eigenvalue weighted by molar-refractivity contribution is -0.147. The Balaban J connectivity index is 1.89. The Morgan fingerprint density at radius 3 is 2.34 bits per heavy atom. The molecule has 2 N–H and O–H groups in total. The molecule has 1 heterocycles. The molecule has 0 spiro atoms. The summed E-state index contributed by atoms with van der Waals surface area (Å²) in [6.45, 7) is 6.21. The van der Waals surface area contributed by atoms with E-state index in [0.717, 1.165) is 28.8 Å². The predicted octanol–water partition coefficient (Wildman–Crippen LogP) is 5.55. The van der Waals surface area contributed by atoms with Crippen LogP contribution in [-0.2, 0) is 9.59 Å². The second-order valence-electron chi connectivity index (χ2n) is 7.95. The van der Waals surface area contributed by atoms with Gasteiger partial charge < -0.3 is 10.4 Å². The van der Waals surface area contributed by atoms with Crippen molar-refractivity contribution in [3.8, 4) is 17.2 Å². The molecule has 152 valence electrons. The van der Waals surface area contributed by atoms with Gasteiger partial charge in [0.25, 0.3) is 0 Å². The number of aliphatic carboxylic acids is 1. The minimum absolute atomic E-state index is 0.295. The van der Waals surface area contributed by atoms with Crippen LogP contribution in [-0.4, -0.2) is 17.0 Å². The Bertz CT molecular complexity index is 954. The average Bonchev–Trinajstić information content (AvgIpc) is 3.02. The van der Waals surface area contributed by atoms with Gasteiger partial charge in [0.05, 0.1) is 17.4 Å². The Morgan fingerprint density at radius 1 is 1.17 bits per heavy atom. The van der Waals surface area contributed by atoms with Crippen molar-refractivity contribution in [2.45, 2.75) is 52.4 Å². The van der Waals surface area contributed by atoms with E-state index in [9.17, 15) is 20.0 Å². The maximum Gasteiger partial charge on any atom is 0.307 e. The first-order valence-electron chi connectivity index (χ1n) is 10.0. The first-order valence-corrected chi connectivity index (χ1v) is 10.8. The average molecular weight is 411 g/mol. The zero-order valence-electron chi connectivity index (χ0n) is 17.0. The van der Waals surface area contributed by atoms with Crippen LogP contribution < -0.4 is 5.32 Å². The molecule has 0 bridgehead atoms. The summed E-state index contributed by atoms with van der Waals surface area (Å²) >= 11 is 1.37. The lowest BCUT2D eigenvalue weighted by Gasteiger charge is -2.27. The molecular weight excluding hydrogens is 384 g/mol. The molecule has 5 nitrogen and oxygen atoms in total. The summed E-state index contributed by atoms with van der Waals surface area (Å²) in [6, 6.07) is 10.4. The highest BCUT2D eigenvalue weighted by Crippen LogP contribution is 2.40. The number of amides is 1. The largest absolute Gasteiger partial charge is 0.481 e. The Hall–Kier alpha value is -2.65. The lowest BCUT2D eigenvalue weighted by Crippen LogP contribution is -2.36. The van der Waals surface area contributed by atoms with Crippen molar-refractivity contribution >= 4 is 28.2 Å². The number of thiophene rings is 1. The van der Waals surface area contributed by atoms with Crippen molar-refractivity contribution < 1.29 is 14.7 Å². The van der Waals surface area contributed by atoms with E-state index >= 15 is 0 Å². The van der Waals surface area contributed by atoms with Crippen LogP contribution in [0, 0.1) is 30.1 Å². The molecule has 1 aromatic carbocycles. The van der Waals surface area contributed by atoms with Gasteiger partial charge in [0.1, 0.15) is 11.1 Å². The molecule has 2 atom stereocenters. The zero-order valence-corrected chi connectivity index (χ0v) is 17.8. The fraction of sp³-hybridized carbons (Fsp3) is 0.435. The quantitative estimate of drug-likeness (QED) is 0.676. The van der Waals surface area contributed by atoms with Gasteiger partial charge in [-0.15, -0.1) is 11.3 Å². The number of benzene rings is 1. The number of hydrogen-bond acceptors (Lipinski definition) is 4. The van der Waals surface area contributed by atoms with Crippen LogP contribution >= 0.6 is 11.3 Å². The number of rotatable bonds is 5. The van der Waals surface area contributed by atoms with Gasteiger partial charge in [0.15, 0.2) is 0 Å². The first-order chi connectivity index (χ1) is 13.8. The molecule has 0 unspecified atom stereocenters. The minimum Gasteiger partial charge on any atom is -0.481 e. The van der Waals surface area contributed by atoms with E-state index in [1.807, 2.05) is 19.1 Å². The smallest absolute Gasteiger partial charge is 0.307 e. The van der Waals surface area contributed by atoms with Crippen molar-refractivity contribution in [2.24, 2.45) is 11.8 Å². The zero-order chi connectivity index (χ0) is 21.1. The van der Waals surface area contributed by atoms with E-state index in [1.165, 1.54) is 16.9 Å². The number of carbonyl (C=O) groups is 2. The van der Waals surface area contributed by atoms with E-state index < -0.39 is 17.8 Å². The number of hydrogen-bond donors (Lipinski definition) is 2. The van der Waals surface area contributed by atoms with Gasteiger partial charge in [-0.2, -0.15) is 5.26 Å². The molecule has 1 aliphatic rings. The third-order valence-electron chi connectivity index (χ3n) is 5.72. The Labute approximate surface area is 175 Å². The SMILES string of the molecule is Cc1sc(NC(=O)[C@H]2CCCC[C@H]2C(=O)O)c(C#N)c1-c1ccc(C(C)C)cc1. The number of carbonyl (C=O) groups excluding carboxylic acids is 1. The van der Waals surface area contributed by atoms with E-state index in [2.05, 4.69) is 37.4 Å². The van der Waals surface area contributed by atoms with Crippen LogP contribution in [0.4, 0.5) is 5.00 Å². The Kier molecular flexibility index (Phi) is 6.39. The van der Waals surface area contributed by atoms with Gasteiger partial charge in [-0.05, 0) is 36.8 Å². The summed E-state index contributed by atoms with van der Waals surface area (Å²) in [5, 5.41) is 22.6. The molecule has 0 aliphatic heterocycles. The molecule has 1 amide bonds. The number of anilines is 1. The topological polar surface area (TPSA) is 90.2 Å². The van der Waals surface area contributed by atoms with Gasteiger partial charge in [-0.25, -0.2) is 0 Å². The summed E-state index contributed by atoms with van der Waals surface area (Å²) in [7, 11) is 0. The molecule has 1 fully saturated rings. The number of nitriles is 1. The number of nitrogens with zero attached hydrogens (tertiary/aromatic N) is 1. The van der Waals surface area contributed by atoms with Crippen LogP contribution in [0.5, 0.6) is 0 Å². The minimum atomic E-state index is -0.918.